The fourth-order valence-corrected chi connectivity index (χ4v) is 5.16. The quantitative estimate of drug-likeness (QED) is 0.643. The molecule has 0 bridgehead atoms. The van der Waals surface area contributed by atoms with Gasteiger partial charge < -0.3 is 9.47 Å². The maximum Gasteiger partial charge on any atom is 0.233 e. The lowest BCUT2D eigenvalue weighted by Gasteiger charge is -2.32. The molecule has 1 amide bonds. The summed E-state index contributed by atoms with van der Waals surface area (Å²) in [5.41, 5.74) is 1.02. The molecule has 4 rings (SSSR count). The van der Waals surface area contributed by atoms with E-state index in [4.69, 9.17) is 0 Å². The van der Waals surface area contributed by atoms with Gasteiger partial charge in [0.25, 0.3) is 0 Å². The van der Waals surface area contributed by atoms with Crippen molar-refractivity contribution in [1.82, 2.24) is 19.4 Å². The van der Waals surface area contributed by atoms with Crippen molar-refractivity contribution < 1.29 is 4.79 Å². The molecule has 0 saturated carbocycles. The van der Waals surface area contributed by atoms with Crippen LogP contribution in [0.2, 0.25) is 0 Å². The topological polar surface area (TPSA) is 51.0 Å². The Morgan fingerprint density at radius 1 is 1.28 bits per heavy atom. The number of para-hydroxylation sites is 1. The van der Waals surface area contributed by atoms with E-state index in [1.54, 1.807) is 23.1 Å². The van der Waals surface area contributed by atoms with Crippen molar-refractivity contribution >= 4 is 39.2 Å². The van der Waals surface area contributed by atoms with E-state index >= 15 is 0 Å². The van der Waals surface area contributed by atoms with Gasteiger partial charge in [-0.15, -0.1) is 11.3 Å². The van der Waals surface area contributed by atoms with Gasteiger partial charge in [-0.1, -0.05) is 23.9 Å². The van der Waals surface area contributed by atoms with Gasteiger partial charge in [-0.2, -0.15) is 0 Å². The van der Waals surface area contributed by atoms with Crippen molar-refractivity contribution in [1.29, 1.82) is 0 Å². The van der Waals surface area contributed by atoms with Gasteiger partial charge in [0, 0.05) is 32.0 Å². The summed E-state index contributed by atoms with van der Waals surface area (Å²) in [6.07, 6.45) is 7.82. The minimum atomic E-state index is 0.227. The van der Waals surface area contributed by atoms with Gasteiger partial charge in [-0.05, 0) is 30.9 Å². The van der Waals surface area contributed by atoms with Crippen molar-refractivity contribution in [2.24, 2.45) is 5.92 Å². The standard InChI is InChI=1S/C18H20N4OS2/c23-17(12-24-18-20-15-3-1-2-4-16(15)25-18)22-8-5-14(6-9-22)11-21-10-7-19-13-21/h1-4,7,10,13-14H,5-6,8-9,11-12H2. The molecule has 0 aliphatic carbocycles. The monoisotopic (exact) mass is 372 g/mol. The first kappa shape index (κ1) is 16.6. The largest absolute Gasteiger partial charge is 0.342 e. The highest BCUT2D eigenvalue weighted by Crippen LogP contribution is 2.29. The Morgan fingerprint density at radius 2 is 2.12 bits per heavy atom. The summed E-state index contributed by atoms with van der Waals surface area (Å²) in [6, 6.07) is 8.11. The van der Waals surface area contributed by atoms with Gasteiger partial charge in [0.1, 0.15) is 0 Å². The van der Waals surface area contributed by atoms with Crippen LogP contribution < -0.4 is 0 Å². The molecule has 3 aromatic rings. The highest BCUT2D eigenvalue weighted by atomic mass is 32.2. The maximum atomic E-state index is 12.5. The molecule has 0 spiro atoms. The number of fused-ring (bicyclic) bond motifs is 1. The molecule has 1 aromatic carbocycles. The van der Waals surface area contributed by atoms with E-state index in [2.05, 4.69) is 20.6 Å². The maximum absolute atomic E-state index is 12.5. The highest BCUT2D eigenvalue weighted by Gasteiger charge is 2.23. The third kappa shape index (κ3) is 4.04. The predicted molar refractivity (Wildman–Crippen MR) is 102 cm³/mol. The molecule has 5 nitrogen and oxygen atoms in total. The Balaban J connectivity index is 1.26. The van der Waals surface area contributed by atoms with Crippen LogP contribution in [0.25, 0.3) is 10.2 Å². The normalized spacial score (nSPS) is 15.8. The molecule has 0 unspecified atom stereocenters. The number of hydrogen-bond donors (Lipinski definition) is 0. The van der Waals surface area contributed by atoms with Crippen LogP contribution >= 0.6 is 23.1 Å². The number of rotatable bonds is 5. The Kier molecular flexibility index (Phi) is 5.03. The lowest BCUT2D eigenvalue weighted by atomic mass is 9.97. The van der Waals surface area contributed by atoms with E-state index in [-0.39, 0.29) is 5.91 Å². The van der Waals surface area contributed by atoms with Gasteiger partial charge in [-0.25, -0.2) is 9.97 Å². The Morgan fingerprint density at radius 3 is 2.88 bits per heavy atom. The van der Waals surface area contributed by atoms with E-state index in [0.29, 0.717) is 11.7 Å². The lowest BCUT2D eigenvalue weighted by Crippen LogP contribution is -2.40. The number of imidazole rings is 1. The van der Waals surface area contributed by atoms with Crippen molar-refractivity contribution in [3.63, 3.8) is 0 Å². The summed E-state index contributed by atoms with van der Waals surface area (Å²) >= 11 is 3.22. The van der Waals surface area contributed by atoms with Crippen LogP contribution in [-0.2, 0) is 11.3 Å². The van der Waals surface area contributed by atoms with Gasteiger partial charge in [-0.3, -0.25) is 4.79 Å². The molecule has 0 N–H and O–H groups in total. The number of hydrogen-bond acceptors (Lipinski definition) is 5. The fourth-order valence-electron chi connectivity index (χ4n) is 3.19. The molecule has 1 fully saturated rings. The zero-order valence-corrected chi connectivity index (χ0v) is 15.5. The average molecular weight is 373 g/mol. The van der Waals surface area contributed by atoms with E-state index in [9.17, 15) is 4.79 Å². The molecular formula is C18H20N4OS2. The zero-order valence-electron chi connectivity index (χ0n) is 13.9. The molecule has 0 radical (unpaired) electrons. The first-order chi connectivity index (χ1) is 12.3. The Hall–Kier alpha value is -1.86. The molecule has 25 heavy (non-hydrogen) atoms. The number of thiazole rings is 1. The number of piperidine rings is 1. The molecule has 2 aromatic heterocycles. The van der Waals surface area contributed by atoms with E-state index in [0.717, 1.165) is 42.3 Å². The van der Waals surface area contributed by atoms with E-state index in [1.165, 1.54) is 4.70 Å². The van der Waals surface area contributed by atoms with Crippen molar-refractivity contribution in [2.75, 3.05) is 18.8 Å². The van der Waals surface area contributed by atoms with Gasteiger partial charge in [0.2, 0.25) is 5.91 Å². The number of benzene rings is 1. The SMILES string of the molecule is O=C(CSc1nc2ccccc2s1)N1CCC(Cn2ccnc2)CC1. The number of amides is 1. The smallest absolute Gasteiger partial charge is 0.233 e. The second-order valence-electron chi connectivity index (χ2n) is 6.32. The summed E-state index contributed by atoms with van der Waals surface area (Å²) in [6.45, 7) is 2.72. The zero-order chi connectivity index (χ0) is 17.1. The predicted octanol–water partition coefficient (Wildman–Crippen LogP) is 3.52. The van der Waals surface area contributed by atoms with Crippen LogP contribution in [0.4, 0.5) is 0 Å². The van der Waals surface area contributed by atoms with Gasteiger partial charge in [0.15, 0.2) is 4.34 Å². The molecule has 1 aliphatic heterocycles. The molecule has 130 valence electrons. The van der Waals surface area contributed by atoms with Crippen LogP contribution in [0, 0.1) is 5.92 Å². The molecule has 0 atom stereocenters. The van der Waals surface area contributed by atoms with Crippen molar-refractivity contribution in [3.8, 4) is 0 Å². The molecule has 3 heterocycles. The van der Waals surface area contributed by atoms with Crippen LogP contribution in [0.5, 0.6) is 0 Å². The second-order valence-corrected chi connectivity index (χ2v) is 8.57. The first-order valence-corrected chi connectivity index (χ1v) is 10.3. The minimum absolute atomic E-state index is 0.227. The molecule has 7 heteroatoms. The number of carbonyl (C=O) groups excluding carboxylic acids is 1. The first-order valence-electron chi connectivity index (χ1n) is 8.50. The number of aromatic nitrogens is 3. The summed E-state index contributed by atoms with van der Waals surface area (Å²) in [5, 5.41) is 0. The number of likely N-dealkylation sites (tertiary alicyclic amines) is 1. The average Bonchev–Trinajstić information content (AvgIpc) is 3.29. The van der Waals surface area contributed by atoms with Gasteiger partial charge >= 0.3 is 0 Å². The molecule has 1 saturated heterocycles. The van der Waals surface area contributed by atoms with Crippen molar-refractivity contribution in [3.05, 3.63) is 43.0 Å². The third-order valence-electron chi connectivity index (χ3n) is 4.59. The number of carbonyl (C=O) groups is 1. The van der Waals surface area contributed by atoms with Crippen LogP contribution in [0.1, 0.15) is 12.8 Å². The number of thioether (sulfide) groups is 1. The van der Waals surface area contributed by atoms with Crippen molar-refractivity contribution in [2.45, 2.75) is 23.7 Å². The molecule has 1 aliphatic rings. The van der Waals surface area contributed by atoms with Crippen LogP contribution in [0.3, 0.4) is 0 Å². The van der Waals surface area contributed by atoms with E-state index < -0.39 is 0 Å². The van der Waals surface area contributed by atoms with Gasteiger partial charge in [0.05, 0.1) is 22.3 Å². The lowest BCUT2D eigenvalue weighted by molar-refractivity contribution is -0.129. The summed E-state index contributed by atoms with van der Waals surface area (Å²) in [7, 11) is 0. The third-order valence-corrected chi connectivity index (χ3v) is 6.75. The molecular weight excluding hydrogens is 352 g/mol. The highest BCUT2D eigenvalue weighted by molar-refractivity contribution is 8.01. The van der Waals surface area contributed by atoms with Crippen LogP contribution in [-0.4, -0.2) is 44.2 Å². The minimum Gasteiger partial charge on any atom is -0.342 e. The summed E-state index contributed by atoms with van der Waals surface area (Å²) < 4.78 is 4.29. The van der Waals surface area contributed by atoms with E-state index in [1.807, 2.05) is 41.8 Å². The number of nitrogens with zero attached hydrogens (tertiary/aromatic N) is 4. The van der Waals surface area contributed by atoms with Crippen LogP contribution in [0.15, 0.2) is 47.3 Å². The summed E-state index contributed by atoms with van der Waals surface area (Å²) in [5.74, 6) is 1.34. The Labute approximate surface area is 155 Å². The summed E-state index contributed by atoms with van der Waals surface area (Å²) in [4.78, 5) is 23.2. The second kappa shape index (κ2) is 7.58. The Bertz CT molecular complexity index is 805. The fraction of sp³-hybridized carbons (Fsp3) is 0.389.